The Kier molecular flexibility index (Phi) is 3.92. The number of carbonyl (C=O) groups is 1. The molecule has 2 heteroatoms. The Morgan fingerprint density at radius 3 is 2.00 bits per heavy atom. The van der Waals surface area contributed by atoms with E-state index in [-0.39, 0.29) is 6.42 Å². The van der Waals surface area contributed by atoms with Crippen molar-refractivity contribution in [3.05, 3.63) is 71.3 Å². The Hall–Kier alpha value is -2.35. The molecule has 0 heterocycles. The third-order valence-corrected chi connectivity index (χ3v) is 2.60. The molecule has 0 saturated heterocycles. The number of carboxylic acids is 1. The molecule has 0 fully saturated rings. The zero-order valence-corrected chi connectivity index (χ0v) is 9.91. The van der Waals surface area contributed by atoms with Gasteiger partial charge in [-0.25, -0.2) is 0 Å². The molecule has 2 nitrogen and oxygen atoms in total. The second-order valence-electron chi connectivity index (χ2n) is 4.06. The van der Waals surface area contributed by atoms with Gasteiger partial charge in [0.1, 0.15) is 0 Å². The molecule has 0 aromatic heterocycles. The summed E-state index contributed by atoms with van der Waals surface area (Å²) in [5.74, 6) is -0.803. The monoisotopic (exact) mass is 238 g/mol. The summed E-state index contributed by atoms with van der Waals surface area (Å²) in [6, 6.07) is 17.6. The number of hydrogen-bond acceptors (Lipinski definition) is 1. The van der Waals surface area contributed by atoms with Gasteiger partial charge >= 0.3 is 5.97 Å². The molecule has 0 unspecified atom stereocenters. The lowest BCUT2D eigenvalue weighted by molar-refractivity contribution is -0.136. The molecule has 0 bridgehead atoms. The van der Waals surface area contributed by atoms with Crippen LogP contribution >= 0.6 is 0 Å². The Bertz CT molecular complexity index is 539. The summed E-state index contributed by atoms with van der Waals surface area (Å²) in [7, 11) is 0. The maximum atomic E-state index is 10.6. The first-order valence-electron chi connectivity index (χ1n) is 5.78. The van der Waals surface area contributed by atoms with E-state index in [1.807, 2.05) is 66.7 Å². The van der Waals surface area contributed by atoms with Gasteiger partial charge in [0.25, 0.3) is 0 Å². The molecular weight excluding hydrogens is 224 g/mol. The van der Waals surface area contributed by atoms with Crippen molar-refractivity contribution in [1.82, 2.24) is 0 Å². The van der Waals surface area contributed by atoms with E-state index < -0.39 is 5.97 Å². The van der Waals surface area contributed by atoms with Crippen LogP contribution in [0.5, 0.6) is 0 Å². The van der Waals surface area contributed by atoms with Crippen LogP contribution in [-0.4, -0.2) is 11.1 Å². The maximum absolute atomic E-state index is 10.6. The average molecular weight is 238 g/mol. The zero-order chi connectivity index (χ0) is 12.8. The van der Waals surface area contributed by atoms with Crippen LogP contribution in [0.1, 0.15) is 16.7 Å². The lowest BCUT2D eigenvalue weighted by atomic mass is 10.1. The van der Waals surface area contributed by atoms with Gasteiger partial charge in [-0.05, 0) is 16.7 Å². The van der Waals surface area contributed by atoms with Crippen LogP contribution in [0.25, 0.3) is 12.2 Å². The molecule has 0 atom stereocenters. The normalized spacial score (nSPS) is 10.7. The van der Waals surface area contributed by atoms with Crippen molar-refractivity contribution >= 4 is 18.1 Å². The van der Waals surface area contributed by atoms with Crippen LogP contribution in [0.4, 0.5) is 0 Å². The molecule has 0 saturated carbocycles. The Labute approximate surface area is 106 Å². The third-order valence-electron chi connectivity index (χ3n) is 2.60. The van der Waals surface area contributed by atoms with Crippen LogP contribution < -0.4 is 0 Å². The summed E-state index contributed by atoms with van der Waals surface area (Å²) < 4.78 is 0. The fraction of sp³-hybridized carbons (Fsp3) is 0.0625. The van der Waals surface area contributed by atoms with E-state index in [2.05, 4.69) is 0 Å². The molecule has 2 aromatic rings. The first kappa shape index (κ1) is 12.1. The minimum atomic E-state index is -0.803. The Balaban J connectivity index is 2.06. The van der Waals surface area contributed by atoms with E-state index in [4.69, 9.17) is 5.11 Å². The van der Waals surface area contributed by atoms with Crippen LogP contribution in [0, 0.1) is 0 Å². The minimum absolute atomic E-state index is 0.0721. The maximum Gasteiger partial charge on any atom is 0.307 e. The van der Waals surface area contributed by atoms with E-state index in [0.29, 0.717) is 0 Å². The summed E-state index contributed by atoms with van der Waals surface area (Å²) in [5.41, 5.74) is 3.03. The highest BCUT2D eigenvalue weighted by Gasteiger charge is 1.98. The van der Waals surface area contributed by atoms with E-state index in [1.165, 1.54) is 0 Å². The van der Waals surface area contributed by atoms with Crippen molar-refractivity contribution in [2.75, 3.05) is 0 Å². The highest BCUT2D eigenvalue weighted by molar-refractivity contribution is 5.72. The molecule has 0 amide bonds. The molecule has 0 aliphatic rings. The third kappa shape index (κ3) is 3.59. The first-order valence-corrected chi connectivity index (χ1v) is 5.78. The van der Waals surface area contributed by atoms with Crippen molar-refractivity contribution in [3.63, 3.8) is 0 Å². The lowest BCUT2D eigenvalue weighted by Gasteiger charge is -1.98. The summed E-state index contributed by atoms with van der Waals surface area (Å²) in [4.78, 5) is 10.6. The van der Waals surface area contributed by atoms with Gasteiger partial charge in [0, 0.05) is 0 Å². The molecule has 2 rings (SSSR count). The van der Waals surface area contributed by atoms with Crippen molar-refractivity contribution in [1.29, 1.82) is 0 Å². The van der Waals surface area contributed by atoms with Gasteiger partial charge in [-0.3, -0.25) is 4.79 Å². The van der Waals surface area contributed by atoms with Gasteiger partial charge in [-0.15, -0.1) is 0 Å². The molecular formula is C16H14O2. The van der Waals surface area contributed by atoms with Crippen molar-refractivity contribution in [3.8, 4) is 0 Å². The van der Waals surface area contributed by atoms with Gasteiger partial charge in [0.15, 0.2) is 0 Å². The van der Waals surface area contributed by atoms with Gasteiger partial charge < -0.3 is 5.11 Å². The molecule has 0 aliphatic heterocycles. The van der Waals surface area contributed by atoms with Crippen LogP contribution in [-0.2, 0) is 11.2 Å². The fourth-order valence-electron chi connectivity index (χ4n) is 1.68. The van der Waals surface area contributed by atoms with Gasteiger partial charge in [0.2, 0.25) is 0 Å². The molecule has 0 radical (unpaired) electrons. The predicted octanol–water partition coefficient (Wildman–Crippen LogP) is 3.48. The smallest absolute Gasteiger partial charge is 0.307 e. The van der Waals surface area contributed by atoms with E-state index in [9.17, 15) is 4.79 Å². The number of benzene rings is 2. The topological polar surface area (TPSA) is 37.3 Å². The molecule has 18 heavy (non-hydrogen) atoms. The molecule has 90 valence electrons. The van der Waals surface area contributed by atoms with Crippen LogP contribution in [0.2, 0.25) is 0 Å². The van der Waals surface area contributed by atoms with Gasteiger partial charge in [0.05, 0.1) is 6.42 Å². The van der Waals surface area contributed by atoms with Crippen molar-refractivity contribution < 1.29 is 9.90 Å². The standard InChI is InChI=1S/C16H14O2/c17-16(18)12-15-10-8-14(9-11-15)7-6-13-4-2-1-3-5-13/h1-11H,12H2,(H,17,18)/b7-6-. The quantitative estimate of drug-likeness (QED) is 0.828. The van der Waals surface area contributed by atoms with Crippen molar-refractivity contribution in [2.45, 2.75) is 6.42 Å². The van der Waals surface area contributed by atoms with Gasteiger partial charge in [-0.2, -0.15) is 0 Å². The number of carboxylic acid groups (broad SMARTS) is 1. The van der Waals surface area contributed by atoms with E-state index >= 15 is 0 Å². The average Bonchev–Trinajstić information content (AvgIpc) is 2.38. The largest absolute Gasteiger partial charge is 0.481 e. The van der Waals surface area contributed by atoms with Crippen molar-refractivity contribution in [2.24, 2.45) is 0 Å². The molecule has 2 aromatic carbocycles. The number of hydrogen-bond donors (Lipinski definition) is 1. The molecule has 0 spiro atoms. The highest BCUT2D eigenvalue weighted by Crippen LogP contribution is 2.10. The van der Waals surface area contributed by atoms with Crippen LogP contribution in [0.15, 0.2) is 54.6 Å². The highest BCUT2D eigenvalue weighted by atomic mass is 16.4. The SMILES string of the molecule is O=C(O)Cc1ccc(/C=C\c2ccccc2)cc1. The summed E-state index contributed by atoms with van der Waals surface area (Å²) in [6.45, 7) is 0. The summed E-state index contributed by atoms with van der Waals surface area (Å²) in [5, 5.41) is 8.67. The number of rotatable bonds is 4. The minimum Gasteiger partial charge on any atom is -0.481 e. The van der Waals surface area contributed by atoms with E-state index in [1.54, 1.807) is 0 Å². The number of aliphatic carboxylic acids is 1. The predicted molar refractivity (Wildman–Crippen MR) is 73.2 cm³/mol. The molecule has 0 aliphatic carbocycles. The fourth-order valence-corrected chi connectivity index (χ4v) is 1.68. The van der Waals surface area contributed by atoms with Gasteiger partial charge in [-0.1, -0.05) is 66.7 Å². The lowest BCUT2D eigenvalue weighted by Crippen LogP contribution is -1.99. The van der Waals surface area contributed by atoms with Crippen LogP contribution in [0.3, 0.4) is 0 Å². The summed E-state index contributed by atoms with van der Waals surface area (Å²) >= 11 is 0. The molecule has 1 N–H and O–H groups in total. The summed E-state index contributed by atoms with van der Waals surface area (Å²) in [6.07, 6.45) is 4.12. The second kappa shape index (κ2) is 5.82. The second-order valence-corrected chi connectivity index (χ2v) is 4.06. The zero-order valence-electron chi connectivity index (χ0n) is 9.91. The Morgan fingerprint density at radius 2 is 1.44 bits per heavy atom. The first-order chi connectivity index (χ1) is 8.74. The Morgan fingerprint density at radius 1 is 0.889 bits per heavy atom. The van der Waals surface area contributed by atoms with E-state index in [0.717, 1.165) is 16.7 Å².